The zero-order chi connectivity index (χ0) is 34.1. The van der Waals surface area contributed by atoms with Crippen molar-refractivity contribution in [1.82, 2.24) is 20.9 Å². The molecule has 2 saturated heterocycles. The Hall–Kier alpha value is -3.41. The van der Waals surface area contributed by atoms with Gasteiger partial charge >= 0.3 is 0 Å². The van der Waals surface area contributed by atoms with Crippen molar-refractivity contribution in [3.05, 3.63) is 71.3 Å². The van der Waals surface area contributed by atoms with E-state index in [-0.39, 0.29) is 42.4 Å². The molecule has 0 aliphatic carbocycles. The van der Waals surface area contributed by atoms with Crippen LogP contribution in [0.2, 0.25) is 0 Å². The second-order valence-electron chi connectivity index (χ2n) is 13.1. The number of hydrogen-bond acceptors (Lipinski definition) is 6. The van der Waals surface area contributed by atoms with Crippen LogP contribution in [0.3, 0.4) is 0 Å². The van der Waals surface area contributed by atoms with E-state index in [1.807, 2.05) is 51.1 Å². The zero-order valence-electron chi connectivity index (χ0n) is 27.9. The fraction of sp³-hybridized carbons (Fsp3) is 0.583. The van der Waals surface area contributed by atoms with E-state index in [1.165, 1.54) is 19.1 Å². The molecule has 47 heavy (non-hydrogen) atoms. The van der Waals surface area contributed by atoms with Crippen LogP contribution in [0.15, 0.2) is 48.5 Å². The number of aliphatic hydroxyl groups excluding tert-OH is 1. The Morgan fingerprint density at radius 2 is 1.83 bits per heavy atom. The smallest absolute Gasteiger partial charge is 0.249 e. The predicted octanol–water partition coefficient (Wildman–Crippen LogP) is 3.66. The lowest BCUT2D eigenvalue weighted by Crippen LogP contribution is -2.61. The Morgan fingerprint density at radius 1 is 1.13 bits per heavy atom. The summed E-state index contributed by atoms with van der Waals surface area (Å²) in [6, 6.07) is 10.5. The largest absolute Gasteiger partial charge is 0.389 e. The number of aryl methyl sites for hydroxylation is 1. The monoisotopic (exact) mass is 656 g/mol. The van der Waals surface area contributed by atoms with Gasteiger partial charge in [-0.2, -0.15) is 0 Å². The highest BCUT2D eigenvalue weighted by Gasteiger charge is 2.53. The number of benzene rings is 2. The van der Waals surface area contributed by atoms with E-state index >= 15 is 0 Å². The van der Waals surface area contributed by atoms with Crippen LogP contribution < -0.4 is 16.0 Å². The van der Waals surface area contributed by atoms with Gasteiger partial charge < -0.3 is 30.7 Å². The molecule has 9 nitrogen and oxygen atoms in total. The number of nitrogens with one attached hydrogen (secondary N) is 3. The summed E-state index contributed by atoms with van der Waals surface area (Å²) in [5.41, 5.74) is 0.140. The number of amides is 3. The van der Waals surface area contributed by atoms with E-state index in [9.17, 15) is 28.3 Å². The lowest BCUT2D eigenvalue weighted by Gasteiger charge is -2.36. The average Bonchev–Trinajstić information content (AvgIpc) is 3.64. The van der Waals surface area contributed by atoms with Crippen molar-refractivity contribution in [3.8, 4) is 0 Å². The van der Waals surface area contributed by atoms with Crippen LogP contribution in [0.1, 0.15) is 70.9 Å². The summed E-state index contributed by atoms with van der Waals surface area (Å²) in [6.45, 7) is 8.66. The maximum Gasteiger partial charge on any atom is 0.249 e. The highest BCUT2D eigenvalue weighted by Crippen LogP contribution is 2.34. The Labute approximate surface area is 276 Å². The molecule has 0 spiro atoms. The maximum absolute atomic E-state index is 14.3. The van der Waals surface area contributed by atoms with Gasteiger partial charge in [0.05, 0.1) is 18.2 Å². The van der Waals surface area contributed by atoms with Gasteiger partial charge in [-0.15, -0.1) is 0 Å². The van der Waals surface area contributed by atoms with Crippen molar-refractivity contribution < 1.29 is 33.0 Å². The predicted molar refractivity (Wildman–Crippen MR) is 175 cm³/mol. The normalized spacial score (nSPS) is 23.7. The van der Waals surface area contributed by atoms with Crippen LogP contribution in [0.5, 0.6) is 0 Å². The second kappa shape index (κ2) is 16.6. The average molecular weight is 657 g/mol. The molecule has 11 heteroatoms. The summed E-state index contributed by atoms with van der Waals surface area (Å²) in [7, 11) is 0. The number of aliphatic hydroxyl groups is 1. The van der Waals surface area contributed by atoms with Crippen LogP contribution in [-0.4, -0.2) is 83.3 Å². The number of ether oxygens (including phenoxy) is 1. The van der Waals surface area contributed by atoms with Gasteiger partial charge in [-0.25, -0.2) is 8.78 Å². The van der Waals surface area contributed by atoms with Crippen molar-refractivity contribution in [2.45, 2.75) is 109 Å². The Balaban J connectivity index is 1.63. The number of carbonyl (C=O) groups excluding carboxylic acids is 3. The van der Waals surface area contributed by atoms with Gasteiger partial charge in [-0.3, -0.25) is 14.4 Å². The first-order valence-corrected chi connectivity index (χ1v) is 16.9. The van der Waals surface area contributed by atoms with Crippen molar-refractivity contribution in [3.63, 3.8) is 0 Å². The maximum atomic E-state index is 14.3. The van der Waals surface area contributed by atoms with Crippen LogP contribution in [0.25, 0.3) is 0 Å². The van der Waals surface area contributed by atoms with E-state index in [0.29, 0.717) is 45.3 Å². The van der Waals surface area contributed by atoms with Crippen LogP contribution in [0.4, 0.5) is 8.78 Å². The van der Waals surface area contributed by atoms with Crippen LogP contribution in [-0.2, 0) is 32.0 Å². The molecule has 1 unspecified atom stereocenters. The first kappa shape index (κ1) is 36.4. The SMILES string of the molecule is CCCO[C@H]1CN[C@@H]([C@H](O)[C@H](Cc2cc(F)cc(F)c2)NC(=O)[C@H](CCc2ccccc2)N2CC[C@@](NC(C)=O)(C(C)CC)C2=O)C1. The van der Waals surface area contributed by atoms with Crippen molar-refractivity contribution in [2.75, 3.05) is 19.7 Å². The number of halogens is 2. The summed E-state index contributed by atoms with van der Waals surface area (Å²) < 4.78 is 34.3. The lowest BCUT2D eigenvalue weighted by molar-refractivity contribution is -0.144. The summed E-state index contributed by atoms with van der Waals surface area (Å²) in [5.74, 6) is -2.79. The molecule has 0 bridgehead atoms. The highest BCUT2D eigenvalue weighted by molar-refractivity contribution is 5.96. The molecule has 3 amide bonds. The fourth-order valence-electron chi connectivity index (χ4n) is 7.00. The molecular formula is C36H50F2N4O5. The molecule has 2 aliphatic rings. The standard InChI is InChI=1S/C36H50F2N4O5/c1-5-16-47-29-21-30(39-22-29)33(44)31(19-26-17-27(37)20-28(38)18-26)40-34(45)32(13-12-25-10-8-7-9-11-25)42-15-14-36(35(42)46,23(3)6-2)41-24(4)43/h7-11,17-18,20,23,29-33,39,44H,5-6,12-16,19,21-22H2,1-4H3,(H,40,45)(H,41,43)/t23?,29-,30-,31+,32+,33+,36-/m1/s1. The first-order chi connectivity index (χ1) is 22.5. The molecule has 4 rings (SSSR count). The molecule has 0 radical (unpaired) electrons. The highest BCUT2D eigenvalue weighted by atomic mass is 19.1. The lowest BCUT2D eigenvalue weighted by atomic mass is 9.81. The molecule has 2 aromatic rings. The molecule has 2 heterocycles. The summed E-state index contributed by atoms with van der Waals surface area (Å²) in [4.78, 5) is 42.4. The molecule has 2 aromatic carbocycles. The second-order valence-corrected chi connectivity index (χ2v) is 13.1. The van der Waals surface area contributed by atoms with Gasteiger partial charge in [0.25, 0.3) is 0 Å². The fourth-order valence-corrected chi connectivity index (χ4v) is 7.00. The molecule has 258 valence electrons. The van der Waals surface area contributed by atoms with E-state index < -0.39 is 47.3 Å². The molecule has 7 atom stereocenters. The van der Waals surface area contributed by atoms with Gasteiger partial charge in [0.2, 0.25) is 17.7 Å². The Kier molecular flexibility index (Phi) is 12.9. The van der Waals surface area contributed by atoms with Crippen molar-refractivity contribution >= 4 is 17.7 Å². The minimum atomic E-state index is -1.13. The van der Waals surface area contributed by atoms with Gasteiger partial charge in [0, 0.05) is 38.7 Å². The van der Waals surface area contributed by atoms with Gasteiger partial charge in [0.15, 0.2) is 0 Å². The van der Waals surface area contributed by atoms with Gasteiger partial charge in [-0.05, 0) is 67.7 Å². The van der Waals surface area contributed by atoms with Crippen LogP contribution in [0, 0.1) is 17.6 Å². The number of likely N-dealkylation sites (tertiary alicyclic amines) is 1. The molecule has 0 saturated carbocycles. The number of nitrogens with zero attached hydrogens (tertiary/aromatic N) is 1. The summed E-state index contributed by atoms with van der Waals surface area (Å²) in [6.07, 6.45) is 1.89. The van der Waals surface area contributed by atoms with Crippen molar-refractivity contribution in [2.24, 2.45) is 5.92 Å². The third-order valence-corrected chi connectivity index (χ3v) is 9.68. The van der Waals surface area contributed by atoms with E-state index in [4.69, 9.17) is 4.74 Å². The van der Waals surface area contributed by atoms with Crippen LogP contribution >= 0.6 is 0 Å². The molecule has 4 N–H and O–H groups in total. The molecular weight excluding hydrogens is 606 g/mol. The minimum Gasteiger partial charge on any atom is -0.389 e. The Morgan fingerprint density at radius 3 is 2.47 bits per heavy atom. The van der Waals surface area contributed by atoms with E-state index in [1.54, 1.807) is 4.90 Å². The minimum absolute atomic E-state index is 0.0394. The first-order valence-electron chi connectivity index (χ1n) is 16.9. The zero-order valence-corrected chi connectivity index (χ0v) is 27.9. The third kappa shape index (κ3) is 9.15. The van der Waals surface area contributed by atoms with Gasteiger partial charge in [0.1, 0.15) is 23.2 Å². The topological polar surface area (TPSA) is 120 Å². The quantitative estimate of drug-likeness (QED) is 0.219. The molecule has 2 fully saturated rings. The van der Waals surface area contributed by atoms with Crippen molar-refractivity contribution in [1.29, 1.82) is 0 Å². The van der Waals surface area contributed by atoms with E-state index in [2.05, 4.69) is 16.0 Å². The number of rotatable bonds is 16. The van der Waals surface area contributed by atoms with Gasteiger partial charge in [-0.1, -0.05) is 57.5 Å². The number of carbonyl (C=O) groups is 3. The summed E-state index contributed by atoms with van der Waals surface area (Å²) >= 11 is 0. The summed E-state index contributed by atoms with van der Waals surface area (Å²) in [5, 5.41) is 20.8. The van der Waals surface area contributed by atoms with E-state index in [0.717, 1.165) is 18.1 Å². The number of hydrogen-bond donors (Lipinski definition) is 4. The Bertz CT molecular complexity index is 1340. The molecule has 0 aromatic heterocycles. The third-order valence-electron chi connectivity index (χ3n) is 9.68. The molecule has 2 aliphatic heterocycles.